The van der Waals surface area contributed by atoms with Gasteiger partial charge < -0.3 is 14.6 Å². The highest BCUT2D eigenvalue weighted by molar-refractivity contribution is 5.47. The third-order valence-electron chi connectivity index (χ3n) is 4.01. The lowest BCUT2D eigenvalue weighted by Crippen LogP contribution is -2.26. The molecular weight excluding hydrogens is 267 g/mol. The summed E-state index contributed by atoms with van der Waals surface area (Å²) in [5.74, 6) is 2.40. The Hall–Kier alpha value is -1.81. The average Bonchev–Trinajstić information content (AvgIpc) is 3.09. The molecule has 21 heavy (non-hydrogen) atoms. The summed E-state index contributed by atoms with van der Waals surface area (Å²) in [5, 5.41) is 3.46. The van der Waals surface area contributed by atoms with Crippen molar-refractivity contribution in [3.8, 4) is 0 Å². The quantitative estimate of drug-likeness (QED) is 0.914. The Morgan fingerprint density at radius 1 is 1.24 bits per heavy atom. The Bertz CT molecular complexity index is 579. The molecule has 1 fully saturated rings. The highest BCUT2D eigenvalue weighted by Gasteiger charge is 2.22. The maximum absolute atomic E-state index is 12.9. The predicted molar refractivity (Wildman–Crippen MR) is 81.9 cm³/mol. The van der Waals surface area contributed by atoms with Crippen LogP contribution < -0.4 is 10.2 Å². The molecule has 1 saturated heterocycles. The van der Waals surface area contributed by atoms with Gasteiger partial charge in [-0.1, -0.05) is 0 Å². The molecule has 4 heteroatoms. The lowest BCUT2D eigenvalue weighted by molar-refractivity contribution is 0.441. The highest BCUT2D eigenvalue weighted by atomic mass is 19.1. The Kier molecular flexibility index (Phi) is 4.25. The summed E-state index contributed by atoms with van der Waals surface area (Å²) >= 11 is 0. The number of nitrogens with zero attached hydrogens (tertiary/aromatic N) is 1. The van der Waals surface area contributed by atoms with Crippen molar-refractivity contribution < 1.29 is 8.81 Å². The molecule has 1 N–H and O–H groups in total. The number of rotatable bonds is 5. The van der Waals surface area contributed by atoms with Crippen LogP contribution in [0.4, 0.5) is 10.1 Å². The third-order valence-corrected chi connectivity index (χ3v) is 4.01. The maximum Gasteiger partial charge on any atom is 0.123 e. The molecule has 2 aromatic rings. The summed E-state index contributed by atoms with van der Waals surface area (Å²) in [6, 6.07) is 10.8. The molecule has 0 aliphatic carbocycles. The molecule has 0 bridgehead atoms. The van der Waals surface area contributed by atoms with Crippen LogP contribution in [0, 0.1) is 18.7 Å². The number of hydrogen-bond acceptors (Lipinski definition) is 3. The molecule has 0 spiro atoms. The van der Waals surface area contributed by atoms with E-state index in [9.17, 15) is 4.39 Å². The van der Waals surface area contributed by atoms with Gasteiger partial charge in [0, 0.05) is 25.3 Å². The van der Waals surface area contributed by atoms with Gasteiger partial charge in [-0.05, 0) is 55.7 Å². The average molecular weight is 288 g/mol. The summed E-state index contributed by atoms with van der Waals surface area (Å²) in [6.07, 6.45) is 1.17. The van der Waals surface area contributed by atoms with E-state index in [-0.39, 0.29) is 5.82 Å². The highest BCUT2D eigenvalue weighted by Crippen LogP contribution is 2.23. The predicted octanol–water partition coefficient (Wildman–Crippen LogP) is 3.34. The fourth-order valence-corrected chi connectivity index (χ4v) is 2.87. The molecule has 3 rings (SSSR count). The smallest absolute Gasteiger partial charge is 0.123 e. The number of furan rings is 1. The first-order chi connectivity index (χ1) is 10.2. The molecule has 1 aliphatic rings. The van der Waals surface area contributed by atoms with Crippen LogP contribution in [-0.2, 0) is 6.54 Å². The zero-order chi connectivity index (χ0) is 14.7. The number of anilines is 1. The Labute approximate surface area is 124 Å². The number of aryl methyl sites for hydroxylation is 1. The first-order valence-corrected chi connectivity index (χ1v) is 7.47. The largest absolute Gasteiger partial charge is 0.465 e. The fraction of sp³-hybridized carbons (Fsp3) is 0.412. The molecule has 1 aromatic heterocycles. The molecule has 0 saturated carbocycles. The second-order valence-corrected chi connectivity index (χ2v) is 5.72. The number of halogens is 1. The van der Waals surface area contributed by atoms with Crippen LogP contribution in [0.15, 0.2) is 40.8 Å². The van der Waals surface area contributed by atoms with Crippen molar-refractivity contribution in [2.45, 2.75) is 19.9 Å². The minimum absolute atomic E-state index is 0.176. The third kappa shape index (κ3) is 3.64. The van der Waals surface area contributed by atoms with Crippen LogP contribution in [0.25, 0.3) is 0 Å². The maximum atomic E-state index is 12.9. The van der Waals surface area contributed by atoms with Crippen LogP contribution in [0.1, 0.15) is 17.9 Å². The lowest BCUT2D eigenvalue weighted by Gasteiger charge is -2.18. The van der Waals surface area contributed by atoms with E-state index < -0.39 is 0 Å². The summed E-state index contributed by atoms with van der Waals surface area (Å²) in [7, 11) is 0. The van der Waals surface area contributed by atoms with E-state index in [1.807, 2.05) is 31.2 Å². The first-order valence-electron chi connectivity index (χ1n) is 7.47. The Morgan fingerprint density at radius 3 is 2.76 bits per heavy atom. The Morgan fingerprint density at radius 2 is 2.05 bits per heavy atom. The van der Waals surface area contributed by atoms with Gasteiger partial charge in [0.15, 0.2) is 0 Å². The van der Waals surface area contributed by atoms with E-state index in [1.165, 1.54) is 18.6 Å². The minimum Gasteiger partial charge on any atom is -0.465 e. The molecule has 2 heterocycles. The van der Waals surface area contributed by atoms with Gasteiger partial charge in [-0.15, -0.1) is 0 Å². The zero-order valence-corrected chi connectivity index (χ0v) is 12.3. The van der Waals surface area contributed by atoms with Crippen molar-refractivity contribution in [3.63, 3.8) is 0 Å². The topological polar surface area (TPSA) is 28.4 Å². The normalized spacial score (nSPS) is 18.4. The number of benzene rings is 1. The monoisotopic (exact) mass is 288 g/mol. The van der Waals surface area contributed by atoms with Crippen molar-refractivity contribution in [3.05, 3.63) is 53.7 Å². The SMILES string of the molecule is Cc1ccc(CNCC2CCN(c3ccc(F)cc3)C2)o1. The van der Waals surface area contributed by atoms with E-state index in [1.54, 1.807) is 0 Å². The minimum atomic E-state index is -0.176. The molecule has 1 aliphatic heterocycles. The molecule has 1 unspecified atom stereocenters. The first kappa shape index (κ1) is 14.1. The van der Waals surface area contributed by atoms with Crippen LogP contribution in [0.2, 0.25) is 0 Å². The second-order valence-electron chi connectivity index (χ2n) is 5.72. The van der Waals surface area contributed by atoms with Crippen molar-refractivity contribution in [1.29, 1.82) is 0 Å². The van der Waals surface area contributed by atoms with E-state index in [0.29, 0.717) is 5.92 Å². The van der Waals surface area contributed by atoms with Crippen LogP contribution in [-0.4, -0.2) is 19.6 Å². The standard InChI is InChI=1S/C17H21FN2O/c1-13-2-7-17(21-13)11-19-10-14-8-9-20(12-14)16-5-3-15(18)4-6-16/h2-7,14,19H,8-12H2,1H3. The second kappa shape index (κ2) is 6.31. The van der Waals surface area contributed by atoms with Crippen molar-refractivity contribution in [2.75, 3.05) is 24.5 Å². The van der Waals surface area contributed by atoms with Gasteiger partial charge in [-0.2, -0.15) is 0 Å². The van der Waals surface area contributed by atoms with Crippen LogP contribution in [0.5, 0.6) is 0 Å². The summed E-state index contributed by atoms with van der Waals surface area (Å²) < 4.78 is 18.5. The van der Waals surface area contributed by atoms with Gasteiger partial charge in [-0.25, -0.2) is 4.39 Å². The van der Waals surface area contributed by atoms with Gasteiger partial charge in [0.05, 0.1) is 6.54 Å². The van der Waals surface area contributed by atoms with Gasteiger partial charge in [0.2, 0.25) is 0 Å². The Balaban J connectivity index is 1.45. The van der Waals surface area contributed by atoms with Crippen molar-refractivity contribution in [2.24, 2.45) is 5.92 Å². The van der Waals surface area contributed by atoms with Crippen molar-refractivity contribution in [1.82, 2.24) is 5.32 Å². The van der Waals surface area contributed by atoms with Gasteiger partial charge in [-0.3, -0.25) is 0 Å². The molecule has 112 valence electrons. The van der Waals surface area contributed by atoms with Crippen LogP contribution in [0.3, 0.4) is 0 Å². The summed E-state index contributed by atoms with van der Waals surface area (Å²) in [6.45, 7) is 5.78. The molecule has 3 nitrogen and oxygen atoms in total. The summed E-state index contributed by atoms with van der Waals surface area (Å²) in [5.41, 5.74) is 1.11. The van der Waals surface area contributed by atoms with E-state index in [4.69, 9.17) is 4.42 Å². The lowest BCUT2D eigenvalue weighted by atomic mass is 10.1. The summed E-state index contributed by atoms with van der Waals surface area (Å²) in [4.78, 5) is 2.32. The molecular formula is C17H21FN2O. The molecule has 1 aromatic carbocycles. The number of nitrogens with one attached hydrogen (secondary N) is 1. The van der Waals surface area contributed by atoms with Crippen molar-refractivity contribution >= 4 is 5.69 Å². The van der Waals surface area contributed by atoms with E-state index in [0.717, 1.165) is 43.4 Å². The van der Waals surface area contributed by atoms with E-state index in [2.05, 4.69) is 10.2 Å². The fourth-order valence-electron chi connectivity index (χ4n) is 2.87. The number of hydrogen-bond donors (Lipinski definition) is 1. The molecule has 0 radical (unpaired) electrons. The van der Waals surface area contributed by atoms with E-state index >= 15 is 0 Å². The zero-order valence-electron chi connectivity index (χ0n) is 12.3. The van der Waals surface area contributed by atoms with Crippen LogP contribution >= 0.6 is 0 Å². The van der Waals surface area contributed by atoms with Gasteiger partial charge >= 0.3 is 0 Å². The van der Waals surface area contributed by atoms with Gasteiger partial charge in [0.1, 0.15) is 17.3 Å². The van der Waals surface area contributed by atoms with Gasteiger partial charge in [0.25, 0.3) is 0 Å². The molecule has 1 atom stereocenters. The molecule has 0 amide bonds.